The summed E-state index contributed by atoms with van der Waals surface area (Å²) in [5, 5.41) is 20.3. The van der Waals surface area contributed by atoms with Crippen LogP contribution in [-0.2, 0) is 9.84 Å². The Morgan fingerprint density at radius 1 is 0.760 bits per heavy atom. The predicted molar refractivity (Wildman–Crippen MR) is 97.1 cm³/mol. The molecule has 0 saturated carbocycles. The lowest BCUT2D eigenvalue weighted by Crippen LogP contribution is -2.21. The van der Waals surface area contributed by atoms with Gasteiger partial charge in [0.05, 0.1) is 23.7 Å². The number of nitrogen functional groups attached to an aromatic ring is 2. The average molecular weight is 366 g/mol. The highest BCUT2D eigenvalue weighted by Gasteiger charge is 2.23. The molecule has 0 aliphatic rings. The molecule has 0 spiro atoms. The molecular formula is C16H22N4O4S. The minimum atomic E-state index is -3.69. The Bertz CT molecular complexity index is 717. The van der Waals surface area contributed by atoms with E-state index in [1.54, 1.807) is 48.5 Å². The van der Waals surface area contributed by atoms with Crippen LogP contribution < -0.4 is 22.5 Å². The maximum Gasteiger partial charge on any atom is 0.156 e. The van der Waals surface area contributed by atoms with Crippen LogP contribution in [0.3, 0.4) is 0 Å². The summed E-state index contributed by atoms with van der Waals surface area (Å²) in [6.45, 7) is 0. The molecule has 0 saturated heterocycles. The zero-order valence-corrected chi connectivity index (χ0v) is 14.3. The number of benzene rings is 2. The molecule has 9 heteroatoms. The largest absolute Gasteiger partial charge is 0.387 e. The van der Waals surface area contributed by atoms with Crippen molar-refractivity contribution in [1.82, 2.24) is 0 Å². The first kappa shape index (κ1) is 19.2. The number of aliphatic hydroxyl groups is 2. The third-order valence-corrected chi connectivity index (χ3v) is 5.40. The molecular weight excluding hydrogens is 344 g/mol. The molecule has 0 radical (unpaired) electrons. The zero-order valence-electron chi connectivity index (χ0n) is 13.5. The summed E-state index contributed by atoms with van der Waals surface area (Å²) in [6, 6.07) is 12.9. The normalized spacial score (nSPS) is 13.9. The molecule has 0 aliphatic heterocycles. The SMILES string of the molecule is NNc1ccc(C(O)CS(=O)(=O)CC(O)c2ccc(NN)cc2)cc1. The lowest BCUT2D eigenvalue weighted by molar-refractivity contribution is 0.194. The van der Waals surface area contributed by atoms with Gasteiger partial charge in [0.15, 0.2) is 9.84 Å². The second-order valence-electron chi connectivity index (χ2n) is 5.64. The van der Waals surface area contributed by atoms with Crippen LogP contribution in [0, 0.1) is 0 Å². The van der Waals surface area contributed by atoms with Crippen molar-refractivity contribution in [3.05, 3.63) is 59.7 Å². The van der Waals surface area contributed by atoms with Crippen molar-refractivity contribution < 1.29 is 18.6 Å². The summed E-state index contributed by atoms with van der Waals surface area (Å²) in [7, 11) is -3.69. The van der Waals surface area contributed by atoms with E-state index in [9.17, 15) is 18.6 Å². The number of rotatable bonds is 8. The molecule has 0 heterocycles. The summed E-state index contributed by atoms with van der Waals surface area (Å²) in [5.74, 6) is 9.55. The van der Waals surface area contributed by atoms with Gasteiger partial charge in [-0.25, -0.2) is 8.42 Å². The molecule has 0 fully saturated rings. The number of hydrogen-bond donors (Lipinski definition) is 6. The van der Waals surface area contributed by atoms with E-state index in [-0.39, 0.29) is 0 Å². The van der Waals surface area contributed by atoms with Crippen LogP contribution in [0.5, 0.6) is 0 Å². The summed E-state index contributed by atoms with van der Waals surface area (Å²) in [5.41, 5.74) is 7.09. The van der Waals surface area contributed by atoms with Gasteiger partial charge in [0, 0.05) is 11.4 Å². The van der Waals surface area contributed by atoms with E-state index in [1.807, 2.05) is 0 Å². The van der Waals surface area contributed by atoms with E-state index in [0.717, 1.165) is 0 Å². The first-order valence-corrected chi connectivity index (χ1v) is 9.36. The fraction of sp³-hybridized carbons (Fsp3) is 0.250. The topological polar surface area (TPSA) is 151 Å². The van der Waals surface area contributed by atoms with E-state index >= 15 is 0 Å². The van der Waals surface area contributed by atoms with Crippen molar-refractivity contribution in [3.8, 4) is 0 Å². The molecule has 25 heavy (non-hydrogen) atoms. The van der Waals surface area contributed by atoms with Crippen LogP contribution in [0.15, 0.2) is 48.5 Å². The first-order chi connectivity index (χ1) is 11.8. The average Bonchev–Trinajstić information content (AvgIpc) is 2.61. The highest BCUT2D eigenvalue weighted by molar-refractivity contribution is 7.91. The van der Waals surface area contributed by atoms with E-state index < -0.39 is 33.6 Å². The molecule has 0 aromatic heterocycles. The van der Waals surface area contributed by atoms with Crippen molar-refractivity contribution in [1.29, 1.82) is 0 Å². The number of hydrazine groups is 2. The Morgan fingerprint density at radius 2 is 1.08 bits per heavy atom. The van der Waals surface area contributed by atoms with Gasteiger partial charge in [0.25, 0.3) is 0 Å². The molecule has 136 valence electrons. The van der Waals surface area contributed by atoms with E-state index in [2.05, 4.69) is 10.9 Å². The molecule has 2 aromatic carbocycles. The Morgan fingerprint density at radius 3 is 1.36 bits per heavy atom. The maximum atomic E-state index is 12.3. The zero-order chi connectivity index (χ0) is 18.4. The van der Waals surface area contributed by atoms with Crippen molar-refractivity contribution >= 4 is 21.2 Å². The molecule has 8 N–H and O–H groups in total. The fourth-order valence-electron chi connectivity index (χ4n) is 2.34. The third-order valence-electron chi connectivity index (χ3n) is 3.75. The van der Waals surface area contributed by atoms with Crippen LogP contribution in [-0.4, -0.2) is 30.1 Å². The quantitative estimate of drug-likeness (QED) is 0.291. The molecule has 0 bridgehead atoms. The van der Waals surface area contributed by atoms with Gasteiger partial charge >= 0.3 is 0 Å². The van der Waals surface area contributed by atoms with Gasteiger partial charge in [0.1, 0.15) is 0 Å². The molecule has 0 aliphatic carbocycles. The van der Waals surface area contributed by atoms with Crippen LogP contribution in [0.2, 0.25) is 0 Å². The standard InChI is InChI=1S/C16H22N4O4S/c17-19-13-5-1-11(2-6-13)15(21)9-25(23,24)10-16(22)12-3-7-14(20-18)8-4-12/h1-8,15-16,19-22H,9-10,17-18H2. The van der Waals surface area contributed by atoms with E-state index in [0.29, 0.717) is 22.5 Å². The smallest absolute Gasteiger partial charge is 0.156 e. The predicted octanol–water partition coefficient (Wildman–Crippen LogP) is 0.440. The van der Waals surface area contributed by atoms with Crippen molar-refractivity contribution in [2.45, 2.75) is 12.2 Å². The Kier molecular flexibility index (Phi) is 6.34. The van der Waals surface area contributed by atoms with Crippen molar-refractivity contribution in [2.24, 2.45) is 11.7 Å². The Labute approximate surface area is 146 Å². The summed E-state index contributed by atoms with van der Waals surface area (Å²) < 4.78 is 24.5. The van der Waals surface area contributed by atoms with Crippen LogP contribution in [0.25, 0.3) is 0 Å². The van der Waals surface area contributed by atoms with Gasteiger partial charge in [-0.1, -0.05) is 24.3 Å². The van der Waals surface area contributed by atoms with Crippen LogP contribution in [0.4, 0.5) is 11.4 Å². The number of nitrogens with two attached hydrogens (primary N) is 2. The highest BCUT2D eigenvalue weighted by atomic mass is 32.2. The number of sulfone groups is 1. The lowest BCUT2D eigenvalue weighted by Gasteiger charge is -2.15. The van der Waals surface area contributed by atoms with Crippen molar-refractivity contribution in [3.63, 3.8) is 0 Å². The van der Waals surface area contributed by atoms with Crippen LogP contribution >= 0.6 is 0 Å². The number of hydrogen-bond acceptors (Lipinski definition) is 8. The molecule has 2 aromatic rings. The molecule has 2 unspecified atom stereocenters. The maximum absolute atomic E-state index is 12.3. The summed E-state index contributed by atoms with van der Waals surface area (Å²) in [6.07, 6.45) is -2.37. The minimum Gasteiger partial charge on any atom is -0.387 e. The number of anilines is 2. The Hall–Kier alpha value is -2.17. The van der Waals surface area contributed by atoms with Gasteiger partial charge in [-0.3, -0.25) is 11.7 Å². The van der Waals surface area contributed by atoms with Gasteiger partial charge in [-0.05, 0) is 35.4 Å². The highest BCUT2D eigenvalue weighted by Crippen LogP contribution is 2.21. The van der Waals surface area contributed by atoms with Gasteiger partial charge < -0.3 is 21.1 Å². The molecule has 2 rings (SSSR count). The van der Waals surface area contributed by atoms with Crippen molar-refractivity contribution in [2.75, 3.05) is 22.4 Å². The van der Waals surface area contributed by atoms with Gasteiger partial charge in [0.2, 0.25) is 0 Å². The fourth-order valence-corrected chi connectivity index (χ4v) is 3.83. The molecule has 0 amide bonds. The van der Waals surface area contributed by atoms with E-state index in [1.165, 1.54) is 0 Å². The third kappa shape index (κ3) is 5.41. The Balaban J connectivity index is 2.01. The second kappa shape index (κ2) is 8.28. The monoisotopic (exact) mass is 366 g/mol. The minimum absolute atomic E-state index is 0.454. The summed E-state index contributed by atoms with van der Waals surface area (Å²) in [4.78, 5) is 0. The lowest BCUT2D eigenvalue weighted by atomic mass is 10.1. The van der Waals surface area contributed by atoms with Crippen LogP contribution in [0.1, 0.15) is 23.3 Å². The molecule has 8 nitrogen and oxygen atoms in total. The first-order valence-electron chi connectivity index (χ1n) is 7.54. The van der Waals surface area contributed by atoms with Gasteiger partial charge in [-0.2, -0.15) is 0 Å². The van der Waals surface area contributed by atoms with Gasteiger partial charge in [-0.15, -0.1) is 0 Å². The number of nitrogens with one attached hydrogen (secondary N) is 2. The van der Waals surface area contributed by atoms with E-state index in [4.69, 9.17) is 11.7 Å². The number of aliphatic hydroxyl groups excluding tert-OH is 2. The second-order valence-corrected chi connectivity index (χ2v) is 7.79. The summed E-state index contributed by atoms with van der Waals surface area (Å²) >= 11 is 0. The molecule has 2 atom stereocenters.